The molecule has 0 aromatic heterocycles. The van der Waals surface area contributed by atoms with Gasteiger partial charge in [0.15, 0.2) is 5.78 Å². The number of carbonyl (C=O) groups is 3. The molecular formula is C24H28N2O4. The Bertz CT molecular complexity index is 937. The van der Waals surface area contributed by atoms with Crippen molar-refractivity contribution >= 4 is 17.7 Å². The standard InChI is InChI=1S/C24H28N2O4/c1-5-16(3)17-7-9-18(10-8-17)21(27)15-26-22(28)24(6-2,25-23(26)29)19-11-13-20(30-4)14-12-19/h7-14,16H,5-6,15H2,1-4H3,(H,25,29)/t16-,24+/m0/s1. The van der Waals surface area contributed by atoms with Gasteiger partial charge in [0.05, 0.1) is 13.7 Å². The van der Waals surface area contributed by atoms with Gasteiger partial charge in [0.25, 0.3) is 5.91 Å². The predicted octanol–water partition coefficient (Wildman–Crippen LogP) is 4.25. The second kappa shape index (κ2) is 8.69. The second-order valence-electron chi connectivity index (χ2n) is 7.66. The maximum absolute atomic E-state index is 13.2. The molecule has 30 heavy (non-hydrogen) atoms. The number of ketones is 1. The van der Waals surface area contributed by atoms with Gasteiger partial charge < -0.3 is 10.1 Å². The van der Waals surface area contributed by atoms with E-state index in [1.807, 2.05) is 19.1 Å². The summed E-state index contributed by atoms with van der Waals surface area (Å²) in [7, 11) is 1.57. The summed E-state index contributed by atoms with van der Waals surface area (Å²) in [6.45, 7) is 5.80. The quantitative estimate of drug-likeness (QED) is 0.523. The summed E-state index contributed by atoms with van der Waals surface area (Å²) in [6, 6.07) is 13.9. The predicted molar refractivity (Wildman–Crippen MR) is 115 cm³/mol. The SMILES string of the molecule is CC[C@H](C)c1ccc(C(=O)CN2C(=O)N[C@](CC)(c3ccc(OC)cc3)C2=O)cc1. The molecule has 158 valence electrons. The molecule has 0 saturated carbocycles. The summed E-state index contributed by atoms with van der Waals surface area (Å²) in [5, 5.41) is 2.80. The van der Waals surface area contributed by atoms with Crippen molar-refractivity contribution < 1.29 is 19.1 Å². The number of Topliss-reactive ketones (excluding diaryl/α,β-unsaturated/α-hetero) is 1. The van der Waals surface area contributed by atoms with Crippen LogP contribution in [-0.4, -0.2) is 36.3 Å². The van der Waals surface area contributed by atoms with Crippen LogP contribution in [0.15, 0.2) is 48.5 Å². The molecule has 1 aliphatic rings. The van der Waals surface area contributed by atoms with Gasteiger partial charge in [-0.2, -0.15) is 0 Å². The van der Waals surface area contributed by atoms with Gasteiger partial charge >= 0.3 is 6.03 Å². The van der Waals surface area contributed by atoms with Crippen molar-refractivity contribution in [2.45, 2.75) is 45.1 Å². The lowest BCUT2D eigenvalue weighted by atomic mass is 9.87. The number of amides is 3. The van der Waals surface area contributed by atoms with Crippen molar-refractivity contribution in [2.24, 2.45) is 0 Å². The Kier molecular flexibility index (Phi) is 6.25. The van der Waals surface area contributed by atoms with Crippen LogP contribution in [0.2, 0.25) is 0 Å². The molecule has 0 bridgehead atoms. The van der Waals surface area contributed by atoms with Crippen LogP contribution in [0.5, 0.6) is 5.75 Å². The minimum absolute atomic E-state index is 0.268. The zero-order chi connectivity index (χ0) is 21.9. The highest BCUT2D eigenvalue weighted by molar-refractivity contribution is 6.11. The van der Waals surface area contributed by atoms with E-state index >= 15 is 0 Å². The number of benzene rings is 2. The molecule has 1 fully saturated rings. The number of carbonyl (C=O) groups excluding carboxylic acids is 3. The lowest BCUT2D eigenvalue weighted by Gasteiger charge is -2.26. The number of nitrogens with one attached hydrogen (secondary N) is 1. The fraction of sp³-hybridized carbons (Fsp3) is 0.375. The first-order valence-corrected chi connectivity index (χ1v) is 10.3. The smallest absolute Gasteiger partial charge is 0.325 e. The van der Waals surface area contributed by atoms with Gasteiger partial charge in [-0.1, -0.05) is 57.2 Å². The molecule has 1 N–H and O–H groups in total. The number of methoxy groups -OCH3 is 1. The van der Waals surface area contributed by atoms with Gasteiger partial charge in [-0.05, 0) is 42.0 Å². The highest BCUT2D eigenvalue weighted by atomic mass is 16.5. The third-order valence-corrected chi connectivity index (χ3v) is 6.00. The van der Waals surface area contributed by atoms with Crippen LogP contribution in [0, 0.1) is 0 Å². The summed E-state index contributed by atoms with van der Waals surface area (Å²) in [5.41, 5.74) is 1.14. The highest BCUT2D eigenvalue weighted by Gasteiger charge is 2.51. The van der Waals surface area contributed by atoms with Gasteiger partial charge in [-0.3, -0.25) is 14.5 Å². The molecule has 0 aliphatic carbocycles. The number of urea groups is 1. The third-order valence-electron chi connectivity index (χ3n) is 6.00. The molecule has 0 unspecified atom stereocenters. The molecule has 6 nitrogen and oxygen atoms in total. The Balaban J connectivity index is 1.80. The molecule has 0 radical (unpaired) electrons. The largest absolute Gasteiger partial charge is 0.497 e. The van der Waals surface area contributed by atoms with Crippen molar-refractivity contribution in [2.75, 3.05) is 13.7 Å². The monoisotopic (exact) mass is 408 g/mol. The first kappa shape index (κ1) is 21.6. The van der Waals surface area contributed by atoms with Crippen molar-refractivity contribution in [1.29, 1.82) is 0 Å². The number of hydrogen-bond donors (Lipinski definition) is 1. The lowest BCUT2D eigenvalue weighted by molar-refractivity contribution is -0.131. The fourth-order valence-corrected chi connectivity index (χ4v) is 3.75. The number of hydrogen-bond acceptors (Lipinski definition) is 4. The minimum atomic E-state index is -1.18. The average molecular weight is 408 g/mol. The molecule has 2 aromatic carbocycles. The van der Waals surface area contributed by atoms with Gasteiger partial charge in [0, 0.05) is 5.56 Å². The van der Waals surface area contributed by atoms with E-state index in [-0.39, 0.29) is 12.3 Å². The van der Waals surface area contributed by atoms with Crippen LogP contribution in [0.1, 0.15) is 61.0 Å². The first-order chi connectivity index (χ1) is 14.4. The van der Waals surface area contributed by atoms with Gasteiger partial charge in [-0.25, -0.2) is 4.79 Å². The van der Waals surface area contributed by atoms with Crippen molar-refractivity contribution in [1.82, 2.24) is 10.2 Å². The number of rotatable bonds is 8. The molecule has 1 saturated heterocycles. The van der Waals surface area contributed by atoms with Crippen LogP contribution < -0.4 is 10.1 Å². The molecule has 0 spiro atoms. The third kappa shape index (κ3) is 3.82. The highest BCUT2D eigenvalue weighted by Crippen LogP contribution is 2.33. The van der Waals surface area contributed by atoms with Crippen molar-refractivity contribution in [3.8, 4) is 5.75 Å². The maximum Gasteiger partial charge on any atom is 0.325 e. The Labute approximate surface area is 177 Å². The number of nitrogens with zero attached hydrogens (tertiary/aromatic N) is 1. The fourth-order valence-electron chi connectivity index (χ4n) is 3.75. The molecule has 2 atom stereocenters. The molecule has 3 amide bonds. The molecule has 6 heteroatoms. The van der Waals surface area contributed by atoms with E-state index in [2.05, 4.69) is 19.2 Å². The maximum atomic E-state index is 13.2. The zero-order valence-electron chi connectivity index (χ0n) is 17.9. The van der Waals surface area contributed by atoms with E-state index in [9.17, 15) is 14.4 Å². The molecular weight excluding hydrogens is 380 g/mol. The van der Waals surface area contributed by atoms with Crippen LogP contribution in [0.4, 0.5) is 4.79 Å². The Morgan fingerprint density at radius 2 is 1.70 bits per heavy atom. The Morgan fingerprint density at radius 3 is 2.23 bits per heavy atom. The van der Waals surface area contributed by atoms with Crippen LogP contribution >= 0.6 is 0 Å². The van der Waals surface area contributed by atoms with E-state index in [1.54, 1.807) is 43.5 Å². The van der Waals surface area contributed by atoms with Crippen molar-refractivity contribution in [3.63, 3.8) is 0 Å². The van der Waals surface area contributed by atoms with Crippen LogP contribution in [0.25, 0.3) is 0 Å². The topological polar surface area (TPSA) is 75.7 Å². The zero-order valence-corrected chi connectivity index (χ0v) is 17.9. The number of imide groups is 1. The number of ether oxygens (including phenoxy) is 1. The van der Waals surface area contributed by atoms with E-state index in [1.165, 1.54) is 0 Å². The van der Waals surface area contributed by atoms with Gasteiger partial charge in [0.1, 0.15) is 11.3 Å². The summed E-state index contributed by atoms with van der Waals surface area (Å²) in [5.74, 6) is 0.394. The average Bonchev–Trinajstić information content (AvgIpc) is 3.03. The van der Waals surface area contributed by atoms with E-state index in [4.69, 9.17) is 4.74 Å². The van der Waals surface area contributed by atoms with Crippen LogP contribution in [0.3, 0.4) is 0 Å². The Morgan fingerprint density at radius 1 is 1.07 bits per heavy atom. The summed E-state index contributed by atoms with van der Waals surface area (Å²) in [6.07, 6.45) is 1.39. The van der Waals surface area contributed by atoms with E-state index in [0.717, 1.165) is 16.9 Å². The van der Waals surface area contributed by atoms with Crippen LogP contribution in [-0.2, 0) is 10.3 Å². The van der Waals surface area contributed by atoms with Crippen molar-refractivity contribution in [3.05, 3.63) is 65.2 Å². The summed E-state index contributed by atoms with van der Waals surface area (Å²) < 4.78 is 5.17. The molecule has 3 rings (SSSR count). The van der Waals surface area contributed by atoms with E-state index in [0.29, 0.717) is 29.2 Å². The summed E-state index contributed by atoms with van der Waals surface area (Å²) in [4.78, 5) is 39.6. The second-order valence-corrected chi connectivity index (χ2v) is 7.66. The first-order valence-electron chi connectivity index (χ1n) is 10.3. The molecule has 1 aliphatic heterocycles. The Hall–Kier alpha value is -3.15. The summed E-state index contributed by atoms with van der Waals surface area (Å²) >= 11 is 0. The molecule has 2 aromatic rings. The molecule has 1 heterocycles. The van der Waals surface area contributed by atoms with E-state index < -0.39 is 17.5 Å². The van der Waals surface area contributed by atoms with Gasteiger partial charge in [-0.15, -0.1) is 0 Å². The lowest BCUT2D eigenvalue weighted by Crippen LogP contribution is -2.43. The minimum Gasteiger partial charge on any atom is -0.497 e. The normalized spacial score (nSPS) is 19.5. The van der Waals surface area contributed by atoms with Gasteiger partial charge in [0.2, 0.25) is 0 Å².